The van der Waals surface area contributed by atoms with E-state index in [0.29, 0.717) is 35.3 Å². The first-order valence-electron chi connectivity index (χ1n) is 11.0. The molecule has 2 atom stereocenters. The minimum Gasteiger partial charge on any atom is -0.471 e. The van der Waals surface area contributed by atoms with Crippen LogP contribution < -0.4 is 14.8 Å². The lowest BCUT2D eigenvalue weighted by Gasteiger charge is -2.27. The van der Waals surface area contributed by atoms with Gasteiger partial charge in [-0.05, 0) is 62.4 Å². The molecule has 0 aliphatic carbocycles. The highest BCUT2D eigenvalue weighted by Gasteiger charge is 2.28. The second kappa shape index (κ2) is 9.60. The fourth-order valence-corrected chi connectivity index (χ4v) is 5.31. The zero-order chi connectivity index (χ0) is 25.4. The first-order valence-corrected chi connectivity index (χ1v) is 12.9. The number of sulfonamides is 1. The van der Waals surface area contributed by atoms with Gasteiger partial charge in [0.2, 0.25) is 5.88 Å². The molecule has 36 heavy (non-hydrogen) atoms. The van der Waals surface area contributed by atoms with Crippen molar-refractivity contribution in [1.82, 2.24) is 25.5 Å². The Morgan fingerprint density at radius 2 is 1.94 bits per heavy atom. The van der Waals surface area contributed by atoms with E-state index in [-0.39, 0.29) is 29.0 Å². The lowest BCUT2D eigenvalue weighted by Crippen LogP contribution is -2.44. The average Bonchev–Trinajstić information content (AvgIpc) is 3.23. The van der Waals surface area contributed by atoms with Crippen molar-refractivity contribution in [3.8, 4) is 17.3 Å². The molecule has 5 rings (SSSR count). The summed E-state index contributed by atoms with van der Waals surface area (Å²) in [6, 6.07) is 9.47. The molecule has 1 saturated heterocycles. The van der Waals surface area contributed by atoms with E-state index in [9.17, 15) is 17.2 Å². The summed E-state index contributed by atoms with van der Waals surface area (Å²) in [7, 11) is -4.21. The van der Waals surface area contributed by atoms with Crippen molar-refractivity contribution < 1.29 is 21.9 Å². The van der Waals surface area contributed by atoms with Crippen molar-refractivity contribution in [2.45, 2.75) is 30.5 Å². The van der Waals surface area contributed by atoms with Crippen LogP contribution in [0.1, 0.15) is 12.1 Å². The highest BCUT2D eigenvalue weighted by molar-refractivity contribution is 7.92. The summed E-state index contributed by atoms with van der Waals surface area (Å²) >= 11 is 5.83. The lowest BCUT2D eigenvalue weighted by atomic mass is 10.1. The first kappa shape index (κ1) is 24.3. The fourth-order valence-electron chi connectivity index (χ4n) is 3.91. The van der Waals surface area contributed by atoms with E-state index in [1.165, 1.54) is 18.2 Å². The van der Waals surface area contributed by atoms with Crippen LogP contribution in [0.5, 0.6) is 5.88 Å². The molecule has 0 unspecified atom stereocenters. The Balaban J connectivity index is 1.44. The van der Waals surface area contributed by atoms with E-state index in [0.717, 1.165) is 12.1 Å². The van der Waals surface area contributed by atoms with Crippen LogP contribution in [0.2, 0.25) is 5.02 Å². The Kier molecular flexibility index (Phi) is 6.49. The summed E-state index contributed by atoms with van der Waals surface area (Å²) in [5.41, 5.74) is 1.79. The quantitative estimate of drug-likeness (QED) is 0.342. The number of piperidine rings is 1. The van der Waals surface area contributed by atoms with Gasteiger partial charge >= 0.3 is 0 Å². The number of aryl methyl sites for hydroxylation is 1. The van der Waals surface area contributed by atoms with Crippen LogP contribution in [0, 0.1) is 12.7 Å². The van der Waals surface area contributed by atoms with Gasteiger partial charge in [-0.2, -0.15) is 10.1 Å². The predicted molar refractivity (Wildman–Crippen MR) is 131 cm³/mol. The maximum Gasteiger partial charge on any atom is 0.264 e. The van der Waals surface area contributed by atoms with E-state index >= 15 is 0 Å². The number of hydrogen-bond acceptors (Lipinski definition) is 7. The summed E-state index contributed by atoms with van der Waals surface area (Å²) in [5, 5.41) is 10.6. The van der Waals surface area contributed by atoms with Gasteiger partial charge in [-0.1, -0.05) is 11.6 Å². The SMILES string of the molecule is Cc1n[nH]c2nc(-c3ccc(NS(=O)(=O)c4cc(Cl)ccc4F)cc3)nc(O[C@@H]3CCNC[C@H]3F)c12. The number of aromatic nitrogens is 4. The standard InChI is InChI=1S/C23H21ClF2N6O3S/c1-12-20-22(31-30-12)28-21(29-23(20)35-18-8-9-27-11-17(18)26)13-2-5-15(6-3-13)32-36(33,34)19-10-14(24)4-7-16(19)25/h2-7,10,17-18,27,32H,8-9,11H2,1H3,(H,28,29,30,31)/t17-,18-/m1/s1. The number of nitrogens with zero attached hydrogens (tertiary/aromatic N) is 3. The summed E-state index contributed by atoms with van der Waals surface area (Å²) in [6.07, 6.45) is -1.35. The summed E-state index contributed by atoms with van der Waals surface area (Å²) in [5.74, 6) is -0.422. The number of halogens is 3. The van der Waals surface area contributed by atoms with Crippen molar-refractivity contribution in [3.63, 3.8) is 0 Å². The molecule has 3 heterocycles. The van der Waals surface area contributed by atoms with Gasteiger partial charge in [-0.3, -0.25) is 9.82 Å². The predicted octanol–water partition coefficient (Wildman–Crippen LogP) is 4.00. The Morgan fingerprint density at radius 3 is 2.69 bits per heavy atom. The number of H-pyrrole nitrogens is 1. The van der Waals surface area contributed by atoms with Crippen molar-refractivity contribution in [2.75, 3.05) is 17.8 Å². The van der Waals surface area contributed by atoms with Crippen LogP contribution in [0.4, 0.5) is 14.5 Å². The zero-order valence-electron chi connectivity index (χ0n) is 18.9. The third kappa shape index (κ3) is 4.84. The number of alkyl halides is 1. The molecule has 1 fully saturated rings. The Labute approximate surface area is 210 Å². The molecule has 3 N–H and O–H groups in total. The highest BCUT2D eigenvalue weighted by atomic mass is 35.5. The molecule has 4 aromatic rings. The van der Waals surface area contributed by atoms with Crippen molar-refractivity contribution >= 4 is 38.3 Å². The van der Waals surface area contributed by atoms with Gasteiger partial charge in [0.25, 0.3) is 10.0 Å². The van der Waals surface area contributed by atoms with Gasteiger partial charge in [0.05, 0.1) is 5.69 Å². The molecule has 1 aliphatic rings. The Morgan fingerprint density at radius 1 is 1.17 bits per heavy atom. The van der Waals surface area contributed by atoms with Gasteiger partial charge < -0.3 is 10.1 Å². The fraction of sp³-hybridized carbons (Fsp3) is 0.261. The molecular weight excluding hydrogens is 514 g/mol. The normalized spacial score (nSPS) is 18.3. The largest absolute Gasteiger partial charge is 0.471 e. The van der Waals surface area contributed by atoms with Gasteiger partial charge in [-0.25, -0.2) is 22.2 Å². The number of hydrogen-bond donors (Lipinski definition) is 3. The third-order valence-corrected chi connectivity index (χ3v) is 7.39. The molecule has 1 aliphatic heterocycles. The number of rotatable bonds is 6. The van der Waals surface area contributed by atoms with Crippen LogP contribution in [0.3, 0.4) is 0 Å². The molecule has 13 heteroatoms. The van der Waals surface area contributed by atoms with Crippen LogP contribution in [0.15, 0.2) is 47.4 Å². The number of fused-ring (bicyclic) bond motifs is 1. The smallest absolute Gasteiger partial charge is 0.264 e. The molecule has 2 aromatic carbocycles. The average molecular weight is 535 g/mol. The molecule has 0 bridgehead atoms. The minimum atomic E-state index is -4.21. The second-order valence-corrected chi connectivity index (χ2v) is 10.4. The number of anilines is 1. The van der Waals surface area contributed by atoms with Crippen LogP contribution in [-0.4, -0.2) is 53.9 Å². The molecule has 0 saturated carbocycles. The van der Waals surface area contributed by atoms with Crippen LogP contribution in [0.25, 0.3) is 22.4 Å². The van der Waals surface area contributed by atoms with Crippen LogP contribution >= 0.6 is 11.6 Å². The topological polar surface area (TPSA) is 122 Å². The highest BCUT2D eigenvalue weighted by Crippen LogP contribution is 2.31. The summed E-state index contributed by atoms with van der Waals surface area (Å²) in [6.45, 7) is 2.60. The van der Waals surface area contributed by atoms with Crippen molar-refractivity contribution in [3.05, 3.63) is 59.0 Å². The molecule has 0 radical (unpaired) electrons. The van der Waals surface area contributed by atoms with Gasteiger partial charge in [0, 0.05) is 22.8 Å². The third-order valence-electron chi connectivity index (χ3n) is 5.76. The van der Waals surface area contributed by atoms with E-state index in [4.69, 9.17) is 16.3 Å². The molecule has 0 spiro atoms. The number of benzene rings is 2. The summed E-state index contributed by atoms with van der Waals surface area (Å²) in [4.78, 5) is 8.45. The number of nitrogens with one attached hydrogen (secondary N) is 3. The molecule has 9 nitrogen and oxygen atoms in total. The van der Waals surface area contributed by atoms with Crippen molar-refractivity contribution in [2.24, 2.45) is 0 Å². The lowest BCUT2D eigenvalue weighted by molar-refractivity contribution is 0.0707. The van der Waals surface area contributed by atoms with E-state index in [1.807, 2.05) is 0 Å². The van der Waals surface area contributed by atoms with E-state index < -0.39 is 33.0 Å². The Bertz CT molecular complexity index is 1530. The second-order valence-electron chi connectivity index (χ2n) is 8.31. The molecule has 188 valence electrons. The maximum absolute atomic E-state index is 14.4. The van der Waals surface area contributed by atoms with E-state index in [1.54, 1.807) is 19.1 Å². The zero-order valence-corrected chi connectivity index (χ0v) is 20.5. The van der Waals surface area contributed by atoms with Gasteiger partial charge in [-0.15, -0.1) is 0 Å². The summed E-state index contributed by atoms with van der Waals surface area (Å²) < 4.78 is 62.1. The monoisotopic (exact) mass is 534 g/mol. The Hall–Kier alpha value is -3.35. The number of aromatic amines is 1. The minimum absolute atomic E-state index is 0.0929. The first-order chi connectivity index (χ1) is 17.2. The molecule has 0 amide bonds. The van der Waals surface area contributed by atoms with E-state index in [2.05, 4.69) is 30.2 Å². The molecule has 2 aromatic heterocycles. The van der Waals surface area contributed by atoms with Gasteiger partial charge in [0.1, 0.15) is 28.4 Å². The molecular formula is C23H21ClF2N6O3S. The van der Waals surface area contributed by atoms with Crippen LogP contribution in [-0.2, 0) is 10.0 Å². The number of ether oxygens (including phenoxy) is 1. The van der Waals surface area contributed by atoms with Gasteiger partial charge in [0.15, 0.2) is 11.5 Å². The maximum atomic E-state index is 14.4. The van der Waals surface area contributed by atoms with Crippen molar-refractivity contribution in [1.29, 1.82) is 0 Å².